The number of hydrogen-bond donors (Lipinski definition) is 6. The van der Waals surface area contributed by atoms with Gasteiger partial charge in [0.25, 0.3) is 0 Å². The van der Waals surface area contributed by atoms with Crippen LogP contribution in [-0.4, -0.2) is 132 Å². The number of ether oxygens (including phenoxy) is 6. The van der Waals surface area contributed by atoms with Gasteiger partial charge >= 0.3 is 5.97 Å². The third kappa shape index (κ3) is 9.94. The molecule has 3 rings (SSSR count). The highest BCUT2D eigenvalue weighted by atomic mass is 16.7. The quantitative estimate of drug-likeness (QED) is 0.128. The lowest BCUT2D eigenvalue weighted by atomic mass is 9.76. The second-order valence-electron chi connectivity index (χ2n) is 15.6. The first-order valence-electron chi connectivity index (χ1n) is 18.4. The van der Waals surface area contributed by atoms with Crippen molar-refractivity contribution in [2.24, 2.45) is 28.8 Å². The van der Waals surface area contributed by atoms with Crippen LogP contribution in [0.25, 0.3) is 0 Å². The van der Waals surface area contributed by atoms with E-state index in [1.807, 2.05) is 41.5 Å². The first-order chi connectivity index (χ1) is 23.3. The van der Waals surface area contributed by atoms with Gasteiger partial charge in [0.1, 0.15) is 18.3 Å². The number of hydrogen-bond acceptors (Lipinski definition) is 14. The Bertz CT molecular complexity index is 1110. The van der Waals surface area contributed by atoms with Gasteiger partial charge in [0.05, 0.1) is 47.2 Å². The molecule has 3 aliphatic heterocycles. The average Bonchev–Trinajstić information content (AvgIpc) is 3.06. The molecule has 0 bridgehead atoms. The first kappa shape index (κ1) is 42.9. The number of methoxy groups -OCH3 is 1. The van der Waals surface area contributed by atoms with Crippen molar-refractivity contribution < 1.29 is 53.7 Å². The van der Waals surface area contributed by atoms with Gasteiger partial charge in [-0.3, -0.25) is 4.79 Å². The lowest BCUT2D eigenvalue weighted by molar-refractivity contribution is -0.315. The smallest absolute Gasteiger partial charge is 0.311 e. The lowest BCUT2D eigenvalue weighted by Gasteiger charge is -2.48. The Labute approximate surface area is 298 Å². The Morgan fingerprint density at radius 1 is 1.02 bits per heavy atom. The van der Waals surface area contributed by atoms with Crippen LogP contribution in [0.3, 0.4) is 0 Å². The van der Waals surface area contributed by atoms with Crippen molar-refractivity contribution in [1.29, 1.82) is 0 Å². The Hall–Kier alpha value is -1.46. The summed E-state index contributed by atoms with van der Waals surface area (Å²) in [5.74, 6) is -2.70. The molecule has 3 aliphatic rings. The van der Waals surface area contributed by atoms with E-state index >= 15 is 0 Å². The Morgan fingerprint density at radius 2 is 1.68 bits per heavy atom. The number of esters is 1. The lowest BCUT2D eigenvalue weighted by Crippen LogP contribution is -2.60. The number of cyclic esters (lactones) is 1. The molecule has 0 amide bonds. The van der Waals surface area contributed by atoms with E-state index in [0.717, 1.165) is 0 Å². The molecule has 3 saturated heterocycles. The third-order valence-corrected chi connectivity index (χ3v) is 11.4. The summed E-state index contributed by atoms with van der Waals surface area (Å²) < 4.78 is 37.5. The topological polar surface area (TPSA) is 190 Å². The number of nitrogens with zero attached hydrogens (tertiary/aromatic N) is 1. The predicted octanol–water partition coefficient (Wildman–Crippen LogP) is 2.57. The average molecular weight is 718 g/mol. The van der Waals surface area contributed by atoms with E-state index in [0.29, 0.717) is 25.1 Å². The van der Waals surface area contributed by atoms with Gasteiger partial charge in [0.15, 0.2) is 12.6 Å². The standard InChI is InChI=1S/C36H67N3O11/c1-13-26-23(7)38-17-19(3)28(39-44)18(2)15-35(9,43)32(50-34-29(40)25(37-11)14-20(4)46-34)21(5)30(22(6)33(42)48-26)49-27-16-36(10,45-12)31(41)24(8)47-27/h18-27,29-32,34,37-38,40-41,43-44H,13-17H2,1-12H3/b39-28+/t18-,19?,20-,21+,22-,23?,24+,25+,26?,27+,29-,30?,31+,32-,34+,35+,36-/m1/s1. The summed E-state index contributed by atoms with van der Waals surface area (Å²) in [6.07, 6.45) is -6.00. The van der Waals surface area contributed by atoms with Gasteiger partial charge in [-0.1, -0.05) is 32.9 Å². The van der Waals surface area contributed by atoms with Crippen molar-refractivity contribution in [2.75, 3.05) is 20.7 Å². The molecule has 0 saturated carbocycles. The highest BCUT2D eigenvalue weighted by Crippen LogP contribution is 2.39. The zero-order valence-corrected chi connectivity index (χ0v) is 32.3. The summed E-state index contributed by atoms with van der Waals surface area (Å²) in [5.41, 5.74) is -2.11. The van der Waals surface area contributed by atoms with E-state index in [4.69, 9.17) is 28.4 Å². The molecule has 6 N–H and O–H groups in total. The minimum absolute atomic E-state index is 0.114. The molecule has 17 atom stereocenters. The van der Waals surface area contributed by atoms with Crippen molar-refractivity contribution in [1.82, 2.24) is 10.6 Å². The molecular weight excluding hydrogens is 650 g/mol. The van der Waals surface area contributed by atoms with Gasteiger partial charge in [-0.2, -0.15) is 0 Å². The summed E-state index contributed by atoms with van der Waals surface area (Å²) in [6, 6.07) is -0.538. The summed E-state index contributed by atoms with van der Waals surface area (Å²) in [5, 5.41) is 55.1. The van der Waals surface area contributed by atoms with Crippen molar-refractivity contribution in [3.63, 3.8) is 0 Å². The summed E-state index contributed by atoms with van der Waals surface area (Å²) in [7, 11) is 3.28. The molecule has 14 heteroatoms. The molecule has 0 aromatic carbocycles. The third-order valence-electron chi connectivity index (χ3n) is 11.4. The van der Waals surface area contributed by atoms with Crippen LogP contribution in [0.1, 0.15) is 94.9 Å². The highest BCUT2D eigenvalue weighted by Gasteiger charge is 2.51. The number of rotatable bonds is 7. The molecule has 14 nitrogen and oxygen atoms in total. The van der Waals surface area contributed by atoms with E-state index in [1.54, 1.807) is 34.7 Å². The van der Waals surface area contributed by atoms with E-state index < -0.39 is 84.1 Å². The zero-order chi connectivity index (χ0) is 37.7. The normalized spacial score (nSPS) is 48.4. The highest BCUT2D eigenvalue weighted by molar-refractivity contribution is 5.88. The Morgan fingerprint density at radius 3 is 2.26 bits per heavy atom. The molecule has 0 aromatic rings. The molecule has 0 aromatic heterocycles. The number of aliphatic hydroxyl groups is 3. The molecule has 0 radical (unpaired) electrons. The van der Waals surface area contributed by atoms with E-state index in [9.17, 15) is 25.3 Å². The molecule has 4 unspecified atom stereocenters. The SMILES string of the molecule is CCC1OC(=O)[C@H](C)C(O[C@H]2C[C@@](C)(OC)[C@@H](O)[C@H](C)O2)[C@H](C)[C@@H](O[C@@H]2O[C@H](C)C[C@H](NC)[C@H]2O)[C@@](C)(O)C[C@@H](C)/C(=N\O)C(C)CNC1C. The number of likely N-dealkylation sites (N-methyl/N-ethyl adjacent to an activating group) is 1. The maximum absolute atomic E-state index is 14.0. The second-order valence-corrected chi connectivity index (χ2v) is 15.6. The first-order valence-corrected chi connectivity index (χ1v) is 18.4. The van der Waals surface area contributed by atoms with Gasteiger partial charge in [-0.15, -0.1) is 0 Å². The number of carbonyl (C=O) groups is 1. The van der Waals surface area contributed by atoms with Gasteiger partial charge in [0, 0.05) is 49.9 Å². The van der Waals surface area contributed by atoms with Gasteiger partial charge in [-0.25, -0.2) is 0 Å². The molecule has 3 fully saturated rings. The number of oxime groups is 1. The predicted molar refractivity (Wildman–Crippen MR) is 187 cm³/mol. The number of aliphatic hydroxyl groups excluding tert-OH is 2. The molecule has 0 aliphatic carbocycles. The molecule has 292 valence electrons. The van der Waals surface area contributed by atoms with Gasteiger partial charge in [-0.05, 0) is 67.9 Å². The summed E-state index contributed by atoms with van der Waals surface area (Å²) >= 11 is 0. The van der Waals surface area contributed by atoms with Crippen LogP contribution < -0.4 is 10.6 Å². The van der Waals surface area contributed by atoms with Crippen LogP contribution in [-0.2, 0) is 33.2 Å². The summed E-state index contributed by atoms with van der Waals surface area (Å²) in [6.45, 7) is 18.8. The van der Waals surface area contributed by atoms with E-state index in [1.165, 1.54) is 7.11 Å². The second kappa shape index (κ2) is 18.0. The Balaban J connectivity index is 2.15. The van der Waals surface area contributed by atoms with Gasteiger partial charge in [0.2, 0.25) is 0 Å². The molecule has 0 spiro atoms. The number of carbonyl (C=O) groups excluding carboxylic acids is 1. The zero-order valence-electron chi connectivity index (χ0n) is 32.3. The van der Waals surface area contributed by atoms with E-state index in [2.05, 4.69) is 15.8 Å². The Kier molecular flexibility index (Phi) is 15.5. The van der Waals surface area contributed by atoms with Crippen molar-refractivity contribution in [3.05, 3.63) is 0 Å². The van der Waals surface area contributed by atoms with Crippen molar-refractivity contribution >= 4 is 11.7 Å². The number of nitrogens with one attached hydrogen (secondary N) is 2. The summed E-state index contributed by atoms with van der Waals surface area (Å²) in [4.78, 5) is 14.0. The monoisotopic (exact) mass is 717 g/mol. The minimum atomic E-state index is -1.62. The maximum Gasteiger partial charge on any atom is 0.311 e. The van der Waals surface area contributed by atoms with Crippen molar-refractivity contribution in [3.8, 4) is 0 Å². The van der Waals surface area contributed by atoms with Crippen molar-refractivity contribution in [2.45, 2.75) is 174 Å². The van der Waals surface area contributed by atoms with E-state index in [-0.39, 0.29) is 36.9 Å². The van der Waals surface area contributed by atoms with Crippen LogP contribution in [0.4, 0.5) is 0 Å². The molecule has 50 heavy (non-hydrogen) atoms. The van der Waals surface area contributed by atoms with Crippen LogP contribution in [0, 0.1) is 23.7 Å². The van der Waals surface area contributed by atoms with Crippen LogP contribution >= 0.6 is 0 Å². The minimum Gasteiger partial charge on any atom is -0.460 e. The molecular formula is C36H67N3O11. The van der Waals surface area contributed by atoms with Gasteiger partial charge < -0.3 is 59.6 Å². The van der Waals surface area contributed by atoms with Crippen LogP contribution in [0.15, 0.2) is 5.16 Å². The fourth-order valence-electron chi connectivity index (χ4n) is 8.13. The fraction of sp³-hybridized carbons (Fsp3) is 0.944. The fourth-order valence-corrected chi connectivity index (χ4v) is 8.13. The maximum atomic E-state index is 14.0. The largest absolute Gasteiger partial charge is 0.460 e. The van der Waals surface area contributed by atoms with Crippen LogP contribution in [0.2, 0.25) is 0 Å². The van der Waals surface area contributed by atoms with Crippen LogP contribution in [0.5, 0.6) is 0 Å². The molecule has 3 heterocycles.